The molecular formula is C17H19NO3. The van der Waals surface area contributed by atoms with E-state index in [1.54, 1.807) is 32.4 Å². The molecule has 0 bridgehead atoms. The summed E-state index contributed by atoms with van der Waals surface area (Å²) in [5.41, 5.74) is 9.22. The lowest BCUT2D eigenvalue weighted by Gasteiger charge is -2.12. The van der Waals surface area contributed by atoms with Crippen LogP contribution in [0.5, 0.6) is 11.5 Å². The highest BCUT2D eigenvalue weighted by Crippen LogP contribution is 2.28. The zero-order valence-corrected chi connectivity index (χ0v) is 12.7. The van der Waals surface area contributed by atoms with Crippen molar-refractivity contribution in [3.05, 3.63) is 52.6 Å². The minimum absolute atomic E-state index is 0.125. The fourth-order valence-electron chi connectivity index (χ4n) is 2.42. The predicted octanol–water partition coefficient (Wildman–Crippen LogP) is 3.13. The van der Waals surface area contributed by atoms with Gasteiger partial charge >= 0.3 is 0 Å². The van der Waals surface area contributed by atoms with Crippen LogP contribution < -0.4 is 15.2 Å². The second-order valence-electron chi connectivity index (χ2n) is 4.93. The van der Waals surface area contributed by atoms with Crippen LogP contribution in [-0.4, -0.2) is 20.0 Å². The number of nitrogens with two attached hydrogens (primary N) is 1. The van der Waals surface area contributed by atoms with Crippen molar-refractivity contribution in [3.63, 3.8) is 0 Å². The Kier molecular flexibility index (Phi) is 4.17. The average molecular weight is 285 g/mol. The largest absolute Gasteiger partial charge is 0.497 e. The first kappa shape index (κ1) is 14.9. The topological polar surface area (TPSA) is 61.5 Å². The Morgan fingerprint density at radius 3 is 2.14 bits per heavy atom. The third-order valence-corrected chi connectivity index (χ3v) is 3.43. The number of nitrogen functional groups attached to an aromatic ring is 1. The molecule has 21 heavy (non-hydrogen) atoms. The number of rotatable bonds is 4. The van der Waals surface area contributed by atoms with E-state index in [4.69, 9.17) is 15.2 Å². The summed E-state index contributed by atoms with van der Waals surface area (Å²) >= 11 is 0. The fraction of sp³-hybridized carbons (Fsp3) is 0.235. The number of carbonyl (C=O) groups is 1. The van der Waals surface area contributed by atoms with Crippen LogP contribution in [-0.2, 0) is 0 Å². The van der Waals surface area contributed by atoms with Crippen LogP contribution in [0.15, 0.2) is 30.3 Å². The van der Waals surface area contributed by atoms with Gasteiger partial charge in [-0.15, -0.1) is 0 Å². The van der Waals surface area contributed by atoms with Crippen molar-refractivity contribution in [2.75, 3.05) is 20.0 Å². The van der Waals surface area contributed by atoms with E-state index in [-0.39, 0.29) is 5.78 Å². The van der Waals surface area contributed by atoms with Gasteiger partial charge in [-0.2, -0.15) is 0 Å². The van der Waals surface area contributed by atoms with Crippen molar-refractivity contribution in [2.45, 2.75) is 13.8 Å². The molecule has 0 saturated heterocycles. The molecule has 2 N–H and O–H groups in total. The van der Waals surface area contributed by atoms with E-state index in [1.165, 1.54) is 0 Å². The molecule has 2 aromatic rings. The van der Waals surface area contributed by atoms with Crippen molar-refractivity contribution >= 4 is 11.5 Å². The molecule has 0 saturated carbocycles. The number of hydrogen-bond acceptors (Lipinski definition) is 4. The quantitative estimate of drug-likeness (QED) is 0.692. The minimum atomic E-state index is -0.125. The standard InChI is InChI=1S/C17H19NO3/c1-10-7-12(8-11(2)17(10)21-4)16(19)14-9-13(20-3)5-6-15(14)18/h5-9H,18H2,1-4H3. The summed E-state index contributed by atoms with van der Waals surface area (Å²) in [7, 11) is 3.18. The summed E-state index contributed by atoms with van der Waals surface area (Å²) in [5, 5.41) is 0. The highest BCUT2D eigenvalue weighted by molar-refractivity contribution is 6.12. The summed E-state index contributed by atoms with van der Waals surface area (Å²) < 4.78 is 10.5. The number of methoxy groups -OCH3 is 2. The monoisotopic (exact) mass is 285 g/mol. The Balaban J connectivity index is 2.50. The lowest BCUT2D eigenvalue weighted by atomic mass is 9.97. The molecule has 2 aromatic carbocycles. The number of benzene rings is 2. The summed E-state index contributed by atoms with van der Waals surface area (Å²) in [5.74, 6) is 1.28. The Morgan fingerprint density at radius 2 is 1.62 bits per heavy atom. The Morgan fingerprint density at radius 1 is 1.00 bits per heavy atom. The number of carbonyl (C=O) groups excluding carboxylic acids is 1. The maximum absolute atomic E-state index is 12.7. The average Bonchev–Trinajstić information content (AvgIpc) is 2.46. The van der Waals surface area contributed by atoms with Gasteiger partial charge in [-0.05, 0) is 55.3 Å². The molecule has 0 aliphatic carbocycles. The molecule has 0 spiro atoms. The minimum Gasteiger partial charge on any atom is -0.497 e. The van der Waals surface area contributed by atoms with Gasteiger partial charge in [0.25, 0.3) is 0 Å². The Bertz CT molecular complexity index is 669. The lowest BCUT2D eigenvalue weighted by molar-refractivity contribution is 0.103. The number of aryl methyl sites for hydroxylation is 2. The van der Waals surface area contributed by atoms with Crippen molar-refractivity contribution in [3.8, 4) is 11.5 Å². The van der Waals surface area contributed by atoms with Crippen molar-refractivity contribution in [1.82, 2.24) is 0 Å². The molecular weight excluding hydrogens is 266 g/mol. The Labute approximate surface area is 124 Å². The van der Waals surface area contributed by atoms with E-state index in [2.05, 4.69) is 0 Å². The zero-order chi connectivity index (χ0) is 15.6. The predicted molar refractivity (Wildman–Crippen MR) is 83.3 cm³/mol. The van der Waals surface area contributed by atoms with E-state index in [1.807, 2.05) is 26.0 Å². The zero-order valence-electron chi connectivity index (χ0n) is 12.7. The van der Waals surface area contributed by atoms with E-state index >= 15 is 0 Å². The van der Waals surface area contributed by atoms with Gasteiger partial charge in [0.2, 0.25) is 0 Å². The maximum Gasteiger partial charge on any atom is 0.195 e. The van der Waals surface area contributed by atoms with Gasteiger partial charge in [0.1, 0.15) is 11.5 Å². The van der Waals surface area contributed by atoms with Gasteiger partial charge in [-0.25, -0.2) is 0 Å². The van der Waals surface area contributed by atoms with Gasteiger partial charge in [-0.1, -0.05) is 0 Å². The molecule has 0 fully saturated rings. The molecule has 4 nitrogen and oxygen atoms in total. The van der Waals surface area contributed by atoms with E-state index < -0.39 is 0 Å². The van der Waals surface area contributed by atoms with Crippen molar-refractivity contribution < 1.29 is 14.3 Å². The van der Waals surface area contributed by atoms with Gasteiger partial charge < -0.3 is 15.2 Å². The SMILES string of the molecule is COc1ccc(N)c(C(=O)c2cc(C)c(OC)c(C)c2)c1. The highest BCUT2D eigenvalue weighted by Gasteiger charge is 2.16. The lowest BCUT2D eigenvalue weighted by Crippen LogP contribution is -2.07. The summed E-state index contributed by atoms with van der Waals surface area (Å²) in [4.78, 5) is 12.7. The summed E-state index contributed by atoms with van der Waals surface area (Å²) in [6, 6.07) is 8.69. The van der Waals surface area contributed by atoms with E-state index in [0.717, 1.165) is 16.9 Å². The highest BCUT2D eigenvalue weighted by atomic mass is 16.5. The van der Waals surface area contributed by atoms with Crippen molar-refractivity contribution in [1.29, 1.82) is 0 Å². The van der Waals surface area contributed by atoms with Crippen LogP contribution in [0.3, 0.4) is 0 Å². The van der Waals surface area contributed by atoms with Gasteiger partial charge in [0, 0.05) is 16.8 Å². The molecule has 0 radical (unpaired) electrons. The van der Waals surface area contributed by atoms with Gasteiger partial charge in [0.05, 0.1) is 14.2 Å². The number of ketones is 1. The molecule has 110 valence electrons. The first-order valence-corrected chi connectivity index (χ1v) is 6.61. The second-order valence-corrected chi connectivity index (χ2v) is 4.93. The molecule has 2 rings (SSSR count). The maximum atomic E-state index is 12.7. The first-order valence-electron chi connectivity index (χ1n) is 6.61. The van der Waals surface area contributed by atoms with Crippen molar-refractivity contribution in [2.24, 2.45) is 0 Å². The molecule has 0 aliphatic heterocycles. The number of hydrogen-bond donors (Lipinski definition) is 1. The van der Waals surface area contributed by atoms with Crippen LogP contribution in [0.1, 0.15) is 27.0 Å². The van der Waals surface area contributed by atoms with Crippen LogP contribution >= 0.6 is 0 Å². The third kappa shape index (κ3) is 2.84. The normalized spacial score (nSPS) is 10.3. The Hall–Kier alpha value is -2.49. The van der Waals surface area contributed by atoms with Crippen LogP contribution in [0.2, 0.25) is 0 Å². The molecule has 0 aliphatic rings. The number of anilines is 1. The molecule has 0 heterocycles. The summed E-state index contributed by atoms with van der Waals surface area (Å²) in [6.07, 6.45) is 0. The molecule has 4 heteroatoms. The van der Waals surface area contributed by atoms with Crippen LogP contribution in [0.25, 0.3) is 0 Å². The van der Waals surface area contributed by atoms with Gasteiger partial charge in [0.15, 0.2) is 5.78 Å². The second kappa shape index (κ2) is 5.87. The third-order valence-electron chi connectivity index (χ3n) is 3.43. The molecule has 0 amide bonds. The molecule has 0 atom stereocenters. The first-order chi connectivity index (χ1) is 9.97. The number of ether oxygens (including phenoxy) is 2. The smallest absolute Gasteiger partial charge is 0.195 e. The van der Waals surface area contributed by atoms with E-state index in [0.29, 0.717) is 22.6 Å². The van der Waals surface area contributed by atoms with Gasteiger partial charge in [-0.3, -0.25) is 4.79 Å². The summed E-state index contributed by atoms with van der Waals surface area (Å²) in [6.45, 7) is 3.83. The molecule has 0 unspecified atom stereocenters. The van der Waals surface area contributed by atoms with E-state index in [9.17, 15) is 4.79 Å². The van der Waals surface area contributed by atoms with Crippen LogP contribution in [0.4, 0.5) is 5.69 Å². The fourth-order valence-corrected chi connectivity index (χ4v) is 2.42. The molecule has 0 aromatic heterocycles. The van der Waals surface area contributed by atoms with Crippen LogP contribution in [0, 0.1) is 13.8 Å².